The van der Waals surface area contributed by atoms with Gasteiger partial charge in [0, 0.05) is 31.7 Å². The van der Waals surface area contributed by atoms with Crippen LogP contribution in [0.15, 0.2) is 0 Å². The van der Waals surface area contributed by atoms with Crippen LogP contribution in [0, 0.1) is 5.92 Å². The van der Waals surface area contributed by atoms with E-state index in [1.807, 2.05) is 0 Å². The van der Waals surface area contributed by atoms with E-state index in [4.69, 9.17) is 0 Å². The molecule has 1 saturated heterocycles. The summed E-state index contributed by atoms with van der Waals surface area (Å²) in [6, 6.07) is 1.41. The van der Waals surface area contributed by atoms with E-state index in [9.17, 15) is 0 Å². The molecule has 3 heteroatoms. The van der Waals surface area contributed by atoms with Crippen molar-refractivity contribution < 1.29 is 0 Å². The Balaban J connectivity index is 1.92. The minimum atomic E-state index is 0.699. The quantitative estimate of drug-likeness (QED) is 0.753. The summed E-state index contributed by atoms with van der Waals surface area (Å²) in [6.07, 6.45) is 4.32. The molecule has 0 radical (unpaired) electrons. The maximum atomic E-state index is 3.71. The smallest absolute Gasteiger partial charge is 0.0374 e. The summed E-state index contributed by atoms with van der Waals surface area (Å²) in [5.74, 6) is 1.02. The second-order valence-corrected chi connectivity index (χ2v) is 5.65. The van der Waals surface area contributed by atoms with Gasteiger partial charge in [-0.2, -0.15) is 0 Å². The van der Waals surface area contributed by atoms with Crippen molar-refractivity contribution in [1.29, 1.82) is 0 Å². The molecule has 1 aliphatic heterocycles. The van der Waals surface area contributed by atoms with E-state index in [-0.39, 0.29) is 0 Å². The second kappa shape index (κ2) is 5.48. The predicted molar refractivity (Wildman–Crippen MR) is 68.7 cm³/mol. The van der Waals surface area contributed by atoms with Crippen LogP contribution in [0.3, 0.4) is 0 Å². The van der Waals surface area contributed by atoms with Crippen LogP contribution in [0.2, 0.25) is 0 Å². The molecule has 0 amide bonds. The van der Waals surface area contributed by atoms with Crippen LogP contribution in [0.25, 0.3) is 0 Å². The third kappa shape index (κ3) is 3.19. The van der Waals surface area contributed by atoms with Gasteiger partial charge in [-0.15, -0.1) is 0 Å². The Kier molecular flexibility index (Phi) is 4.22. The Labute approximate surface area is 100 Å². The Morgan fingerprint density at radius 2 is 2.00 bits per heavy atom. The van der Waals surface area contributed by atoms with Gasteiger partial charge in [0.05, 0.1) is 0 Å². The van der Waals surface area contributed by atoms with E-state index >= 15 is 0 Å². The molecule has 1 aliphatic carbocycles. The molecule has 0 aromatic rings. The predicted octanol–water partition coefficient (Wildman–Crippen LogP) is 1.01. The topological polar surface area (TPSA) is 18.5 Å². The van der Waals surface area contributed by atoms with Crippen molar-refractivity contribution in [3.63, 3.8) is 0 Å². The Morgan fingerprint density at radius 1 is 1.25 bits per heavy atom. The monoisotopic (exact) mass is 225 g/mol. The van der Waals surface area contributed by atoms with E-state index in [1.54, 1.807) is 0 Å². The average Bonchev–Trinajstić information content (AvgIpc) is 3.05. The number of piperazine rings is 1. The zero-order chi connectivity index (χ0) is 11.5. The summed E-state index contributed by atoms with van der Waals surface area (Å²) >= 11 is 0. The lowest BCUT2D eigenvalue weighted by atomic mass is 9.98. The highest BCUT2D eigenvalue weighted by Gasteiger charge is 2.33. The molecule has 0 aromatic carbocycles. The third-order valence-electron chi connectivity index (χ3n) is 4.11. The molecule has 3 nitrogen and oxygen atoms in total. The van der Waals surface area contributed by atoms with Crippen molar-refractivity contribution in [2.75, 3.05) is 40.3 Å². The van der Waals surface area contributed by atoms with Crippen molar-refractivity contribution in [3.8, 4) is 0 Å². The number of likely N-dealkylation sites (N-methyl/N-ethyl adjacent to an activating group) is 3. The van der Waals surface area contributed by atoms with Gasteiger partial charge in [0.15, 0.2) is 0 Å². The molecular weight excluding hydrogens is 198 g/mol. The SMILES string of the molecule is CCNC(CC1CC1)C1CN(C)CCN1C. The summed E-state index contributed by atoms with van der Waals surface area (Å²) < 4.78 is 0. The maximum Gasteiger partial charge on any atom is 0.0374 e. The molecule has 94 valence electrons. The van der Waals surface area contributed by atoms with Gasteiger partial charge in [-0.1, -0.05) is 19.8 Å². The highest BCUT2D eigenvalue weighted by molar-refractivity contribution is 4.92. The van der Waals surface area contributed by atoms with Crippen molar-refractivity contribution in [2.45, 2.75) is 38.3 Å². The number of rotatable bonds is 5. The fourth-order valence-electron chi connectivity index (χ4n) is 2.83. The molecule has 2 aliphatic rings. The molecule has 1 heterocycles. The van der Waals surface area contributed by atoms with E-state index in [0.717, 1.165) is 12.5 Å². The lowest BCUT2D eigenvalue weighted by Crippen LogP contribution is -2.58. The summed E-state index contributed by atoms with van der Waals surface area (Å²) in [6.45, 7) is 6.99. The van der Waals surface area contributed by atoms with Gasteiger partial charge < -0.3 is 10.2 Å². The highest BCUT2D eigenvalue weighted by Crippen LogP contribution is 2.34. The first-order chi connectivity index (χ1) is 7.70. The molecule has 0 spiro atoms. The maximum absolute atomic E-state index is 3.71. The van der Waals surface area contributed by atoms with Gasteiger partial charge in [0.2, 0.25) is 0 Å². The zero-order valence-corrected chi connectivity index (χ0v) is 11.1. The second-order valence-electron chi connectivity index (χ2n) is 5.65. The van der Waals surface area contributed by atoms with Gasteiger partial charge in [-0.3, -0.25) is 4.90 Å². The molecule has 1 saturated carbocycles. The van der Waals surface area contributed by atoms with Crippen LogP contribution < -0.4 is 5.32 Å². The van der Waals surface area contributed by atoms with Gasteiger partial charge in [-0.05, 0) is 33.0 Å². The lowest BCUT2D eigenvalue weighted by Gasteiger charge is -2.42. The number of hydrogen-bond acceptors (Lipinski definition) is 3. The fraction of sp³-hybridized carbons (Fsp3) is 1.00. The van der Waals surface area contributed by atoms with E-state index in [0.29, 0.717) is 12.1 Å². The van der Waals surface area contributed by atoms with Gasteiger partial charge in [0.25, 0.3) is 0 Å². The molecule has 0 bridgehead atoms. The number of nitrogens with zero attached hydrogens (tertiary/aromatic N) is 2. The van der Waals surface area contributed by atoms with Crippen LogP contribution in [-0.4, -0.2) is 62.2 Å². The largest absolute Gasteiger partial charge is 0.313 e. The van der Waals surface area contributed by atoms with Gasteiger partial charge in [0.1, 0.15) is 0 Å². The van der Waals surface area contributed by atoms with Crippen molar-refractivity contribution in [1.82, 2.24) is 15.1 Å². The van der Waals surface area contributed by atoms with Crippen LogP contribution >= 0.6 is 0 Å². The fourth-order valence-corrected chi connectivity index (χ4v) is 2.83. The van der Waals surface area contributed by atoms with Crippen molar-refractivity contribution in [3.05, 3.63) is 0 Å². The first-order valence-electron chi connectivity index (χ1n) is 6.83. The molecule has 0 aromatic heterocycles. The molecular formula is C13H27N3. The highest BCUT2D eigenvalue weighted by atomic mass is 15.3. The average molecular weight is 225 g/mol. The van der Waals surface area contributed by atoms with Gasteiger partial charge >= 0.3 is 0 Å². The van der Waals surface area contributed by atoms with E-state index < -0.39 is 0 Å². The molecule has 1 N–H and O–H groups in total. The van der Waals surface area contributed by atoms with Crippen molar-refractivity contribution >= 4 is 0 Å². The first-order valence-corrected chi connectivity index (χ1v) is 6.83. The van der Waals surface area contributed by atoms with Crippen LogP contribution in [0.5, 0.6) is 0 Å². The minimum absolute atomic E-state index is 0.699. The van der Waals surface area contributed by atoms with E-state index in [1.165, 1.54) is 38.9 Å². The normalized spacial score (nSPS) is 30.6. The Bertz CT molecular complexity index is 215. The molecule has 16 heavy (non-hydrogen) atoms. The zero-order valence-electron chi connectivity index (χ0n) is 11.1. The van der Waals surface area contributed by atoms with Crippen molar-refractivity contribution in [2.24, 2.45) is 5.92 Å². The van der Waals surface area contributed by atoms with Crippen LogP contribution in [-0.2, 0) is 0 Å². The first kappa shape index (κ1) is 12.3. The molecule has 2 unspecified atom stereocenters. The molecule has 2 atom stereocenters. The Hall–Kier alpha value is -0.120. The van der Waals surface area contributed by atoms with Crippen LogP contribution in [0.4, 0.5) is 0 Å². The van der Waals surface area contributed by atoms with Crippen LogP contribution in [0.1, 0.15) is 26.2 Å². The Morgan fingerprint density at radius 3 is 2.62 bits per heavy atom. The van der Waals surface area contributed by atoms with Gasteiger partial charge in [-0.25, -0.2) is 0 Å². The van der Waals surface area contributed by atoms with E-state index in [2.05, 4.69) is 36.1 Å². The standard InChI is InChI=1S/C13H27N3/c1-4-14-12(9-11-5-6-11)13-10-15(2)7-8-16(13)3/h11-14H,4-10H2,1-3H3. The molecule has 2 fully saturated rings. The summed E-state index contributed by atoms with van der Waals surface area (Å²) in [5.41, 5.74) is 0. The summed E-state index contributed by atoms with van der Waals surface area (Å²) in [5, 5.41) is 3.71. The number of hydrogen-bond donors (Lipinski definition) is 1. The summed E-state index contributed by atoms with van der Waals surface area (Å²) in [7, 11) is 4.54. The lowest BCUT2D eigenvalue weighted by molar-refractivity contribution is 0.0841. The minimum Gasteiger partial charge on any atom is -0.313 e. The molecule has 2 rings (SSSR count). The number of nitrogens with one attached hydrogen (secondary N) is 1. The third-order valence-corrected chi connectivity index (χ3v) is 4.11. The summed E-state index contributed by atoms with van der Waals surface area (Å²) in [4.78, 5) is 5.03.